The second-order valence-corrected chi connectivity index (χ2v) is 9.30. The molecule has 2 aromatic rings. The van der Waals surface area contributed by atoms with Crippen LogP contribution in [0.2, 0.25) is 0 Å². The first-order valence-corrected chi connectivity index (χ1v) is 11.3. The van der Waals surface area contributed by atoms with Crippen molar-refractivity contribution in [2.45, 2.75) is 37.7 Å². The van der Waals surface area contributed by atoms with Crippen molar-refractivity contribution in [1.29, 1.82) is 0 Å². The maximum Gasteiger partial charge on any atom is 0.270 e. The van der Waals surface area contributed by atoms with Crippen LogP contribution in [0.4, 0.5) is 0 Å². The van der Waals surface area contributed by atoms with Gasteiger partial charge in [-0.2, -0.15) is 5.10 Å². The number of amides is 2. The zero-order valence-electron chi connectivity index (χ0n) is 17.1. The van der Waals surface area contributed by atoms with Gasteiger partial charge in [0.2, 0.25) is 5.91 Å². The van der Waals surface area contributed by atoms with Crippen molar-refractivity contribution in [3.63, 3.8) is 0 Å². The largest absolute Gasteiger partial charge is 0.370 e. The molecule has 2 amide bonds. The Morgan fingerprint density at radius 3 is 2.63 bits per heavy atom. The molecule has 1 saturated heterocycles. The lowest BCUT2D eigenvalue weighted by atomic mass is 9.82. The summed E-state index contributed by atoms with van der Waals surface area (Å²) in [6, 6.07) is 12.8. The highest BCUT2D eigenvalue weighted by atomic mass is 32.1. The van der Waals surface area contributed by atoms with E-state index in [0.29, 0.717) is 31.6 Å². The number of rotatable bonds is 2. The molecule has 1 aromatic carbocycles. The maximum absolute atomic E-state index is 12.9. The second kappa shape index (κ2) is 7.63. The normalized spacial score (nSPS) is 20.8. The average Bonchev–Trinajstić information content (AvgIpc) is 3.23. The molecule has 1 spiro atoms. The Balaban J connectivity index is 1.34. The number of hydrogen-bond acceptors (Lipinski definition) is 5. The predicted molar refractivity (Wildman–Crippen MR) is 116 cm³/mol. The molecule has 1 fully saturated rings. The molecular weight excluding hydrogens is 398 g/mol. The van der Waals surface area contributed by atoms with Crippen LogP contribution in [0.5, 0.6) is 0 Å². The van der Waals surface area contributed by atoms with Crippen LogP contribution >= 0.6 is 11.3 Å². The maximum atomic E-state index is 12.9. The molecular formula is C23H25N3O3S. The molecule has 156 valence electrons. The topological polar surface area (TPSA) is 62.2 Å². The van der Waals surface area contributed by atoms with Gasteiger partial charge in [0.15, 0.2) is 0 Å². The number of ether oxygens (including phenoxy) is 1. The first kappa shape index (κ1) is 19.5. The fraction of sp³-hybridized carbons (Fsp3) is 0.435. The number of fused-ring (bicyclic) bond motifs is 2. The summed E-state index contributed by atoms with van der Waals surface area (Å²) in [7, 11) is 1.61. The molecule has 5 rings (SSSR count). The molecule has 3 aliphatic heterocycles. The monoisotopic (exact) mass is 423 g/mol. The summed E-state index contributed by atoms with van der Waals surface area (Å²) < 4.78 is 6.37. The van der Waals surface area contributed by atoms with Crippen molar-refractivity contribution < 1.29 is 14.3 Å². The smallest absolute Gasteiger partial charge is 0.270 e. The number of piperidine rings is 1. The SMILES string of the molecule is CN1N=C(C(=O)N2CCC3(CC2)OCCc2sc(-c4ccccc4)cc23)CCC1=O. The lowest BCUT2D eigenvalue weighted by Gasteiger charge is -2.44. The van der Waals surface area contributed by atoms with E-state index in [4.69, 9.17) is 4.74 Å². The molecule has 30 heavy (non-hydrogen) atoms. The Morgan fingerprint density at radius 1 is 1.13 bits per heavy atom. The number of carbonyl (C=O) groups is 2. The third-order valence-corrected chi connectivity index (χ3v) is 7.62. The van der Waals surface area contributed by atoms with Gasteiger partial charge in [0.25, 0.3) is 5.91 Å². The number of carbonyl (C=O) groups excluding carboxylic acids is 2. The number of benzene rings is 1. The van der Waals surface area contributed by atoms with E-state index in [9.17, 15) is 9.59 Å². The first-order chi connectivity index (χ1) is 14.6. The minimum absolute atomic E-state index is 0.0426. The van der Waals surface area contributed by atoms with Crippen LogP contribution in [0, 0.1) is 0 Å². The van der Waals surface area contributed by atoms with E-state index in [1.54, 1.807) is 7.05 Å². The fourth-order valence-corrected chi connectivity index (χ4v) is 5.89. The van der Waals surface area contributed by atoms with Crippen molar-refractivity contribution in [3.8, 4) is 10.4 Å². The van der Waals surface area contributed by atoms with Gasteiger partial charge in [0.05, 0.1) is 12.2 Å². The van der Waals surface area contributed by atoms with E-state index >= 15 is 0 Å². The number of hydrogen-bond donors (Lipinski definition) is 0. The molecule has 0 saturated carbocycles. The quantitative estimate of drug-likeness (QED) is 0.744. The second-order valence-electron chi connectivity index (χ2n) is 8.16. The Labute approximate surface area is 180 Å². The Morgan fingerprint density at radius 2 is 1.90 bits per heavy atom. The number of nitrogens with zero attached hydrogens (tertiary/aromatic N) is 3. The molecule has 4 heterocycles. The van der Waals surface area contributed by atoms with Gasteiger partial charge in [-0.05, 0) is 30.0 Å². The standard InChI is InChI=1S/C23H25N3O3S/c1-25-21(27)8-7-18(24-25)22(28)26-12-10-23(11-13-26)17-15-20(16-5-3-2-4-6-16)30-19(17)9-14-29-23/h2-6,15H,7-14H2,1H3. The van der Waals surface area contributed by atoms with Crippen LogP contribution in [-0.4, -0.2) is 54.2 Å². The van der Waals surface area contributed by atoms with Crippen molar-refractivity contribution in [2.24, 2.45) is 5.10 Å². The summed E-state index contributed by atoms with van der Waals surface area (Å²) >= 11 is 1.87. The van der Waals surface area contributed by atoms with E-state index < -0.39 is 0 Å². The highest BCUT2D eigenvalue weighted by Gasteiger charge is 2.43. The third-order valence-electron chi connectivity index (χ3n) is 6.38. The summed E-state index contributed by atoms with van der Waals surface area (Å²) in [5.74, 6) is -0.0884. The van der Waals surface area contributed by atoms with Gasteiger partial charge < -0.3 is 9.64 Å². The minimum Gasteiger partial charge on any atom is -0.370 e. The number of likely N-dealkylation sites (tertiary alicyclic amines) is 1. The van der Waals surface area contributed by atoms with Gasteiger partial charge in [-0.1, -0.05) is 30.3 Å². The van der Waals surface area contributed by atoms with Gasteiger partial charge in [-0.25, -0.2) is 5.01 Å². The average molecular weight is 424 g/mol. The summed E-state index contributed by atoms with van der Waals surface area (Å²) in [6.45, 7) is 2.02. The van der Waals surface area contributed by atoms with Crippen molar-refractivity contribution in [3.05, 3.63) is 46.8 Å². The van der Waals surface area contributed by atoms with Crippen LogP contribution < -0.4 is 0 Å². The minimum atomic E-state index is -0.297. The Hall–Kier alpha value is -2.51. The van der Waals surface area contributed by atoms with E-state index in [1.807, 2.05) is 22.3 Å². The number of thiophene rings is 1. The molecule has 1 aromatic heterocycles. The van der Waals surface area contributed by atoms with Crippen LogP contribution in [0.1, 0.15) is 36.1 Å². The molecule has 0 aliphatic carbocycles. The summed E-state index contributed by atoms with van der Waals surface area (Å²) in [5, 5.41) is 5.48. The molecule has 3 aliphatic rings. The first-order valence-electron chi connectivity index (χ1n) is 10.5. The zero-order valence-corrected chi connectivity index (χ0v) is 17.9. The lowest BCUT2D eigenvalue weighted by Crippen LogP contribution is -2.50. The highest BCUT2D eigenvalue weighted by Crippen LogP contribution is 2.46. The third kappa shape index (κ3) is 3.36. The van der Waals surface area contributed by atoms with E-state index in [0.717, 1.165) is 25.9 Å². The predicted octanol–water partition coefficient (Wildman–Crippen LogP) is 3.41. The van der Waals surface area contributed by atoms with Crippen LogP contribution in [-0.2, 0) is 26.3 Å². The molecule has 0 radical (unpaired) electrons. The zero-order chi connectivity index (χ0) is 20.7. The van der Waals surface area contributed by atoms with Crippen molar-refractivity contribution in [2.75, 3.05) is 26.7 Å². The van der Waals surface area contributed by atoms with E-state index in [1.165, 1.54) is 25.9 Å². The Kier molecular flexibility index (Phi) is 4.95. The molecule has 7 heteroatoms. The van der Waals surface area contributed by atoms with Gasteiger partial charge in [-0.3, -0.25) is 9.59 Å². The van der Waals surface area contributed by atoms with E-state index in [2.05, 4.69) is 35.4 Å². The summed E-state index contributed by atoms with van der Waals surface area (Å²) in [5.41, 5.74) is 2.74. The van der Waals surface area contributed by atoms with Gasteiger partial charge in [0, 0.05) is 49.2 Å². The molecule has 0 N–H and O–H groups in total. The summed E-state index contributed by atoms with van der Waals surface area (Å²) in [4.78, 5) is 29.1. The highest BCUT2D eigenvalue weighted by molar-refractivity contribution is 7.15. The van der Waals surface area contributed by atoms with Gasteiger partial charge in [-0.15, -0.1) is 11.3 Å². The molecule has 0 bridgehead atoms. The molecule has 0 atom stereocenters. The Bertz CT molecular complexity index is 1010. The van der Waals surface area contributed by atoms with E-state index in [-0.39, 0.29) is 17.4 Å². The van der Waals surface area contributed by atoms with Crippen LogP contribution in [0.15, 0.2) is 41.5 Å². The molecule has 0 unspecified atom stereocenters. The summed E-state index contributed by atoms with van der Waals surface area (Å²) in [6.07, 6.45) is 3.31. The molecule has 6 nitrogen and oxygen atoms in total. The van der Waals surface area contributed by atoms with Crippen molar-refractivity contribution in [1.82, 2.24) is 9.91 Å². The van der Waals surface area contributed by atoms with Gasteiger partial charge in [0.1, 0.15) is 5.71 Å². The lowest BCUT2D eigenvalue weighted by molar-refractivity contribution is -0.134. The van der Waals surface area contributed by atoms with Crippen LogP contribution in [0.25, 0.3) is 10.4 Å². The fourth-order valence-electron chi connectivity index (χ4n) is 4.65. The van der Waals surface area contributed by atoms with Crippen LogP contribution in [0.3, 0.4) is 0 Å². The van der Waals surface area contributed by atoms with Gasteiger partial charge >= 0.3 is 0 Å². The number of hydrazone groups is 1. The van der Waals surface area contributed by atoms with Crippen molar-refractivity contribution >= 4 is 28.9 Å².